The minimum atomic E-state index is -1.36. The highest BCUT2D eigenvalue weighted by atomic mass is 31.2. The number of aromatic nitrogens is 2. The van der Waals surface area contributed by atoms with Crippen LogP contribution < -0.4 is 31.4 Å². The molecular weight excluding hydrogens is 892 g/mol. The number of nitrogens with one attached hydrogen (secondary N) is 3. The van der Waals surface area contributed by atoms with Crippen LogP contribution in [-0.4, -0.2) is 103 Å². The molecule has 1 aliphatic heterocycles. The van der Waals surface area contributed by atoms with Gasteiger partial charge in [0, 0.05) is 49.5 Å². The molecule has 2 amide bonds. The lowest BCUT2D eigenvalue weighted by molar-refractivity contribution is -0.120. The second-order valence-electron chi connectivity index (χ2n) is 16.4. The van der Waals surface area contributed by atoms with Gasteiger partial charge >= 0.3 is 5.69 Å². The summed E-state index contributed by atoms with van der Waals surface area (Å²) in [4.78, 5) is 58.5. The van der Waals surface area contributed by atoms with E-state index in [1.165, 1.54) is 10.8 Å². The van der Waals surface area contributed by atoms with Crippen molar-refractivity contribution in [1.29, 1.82) is 10.5 Å². The Kier molecular flexibility index (Phi) is 19.6. The van der Waals surface area contributed by atoms with Crippen LogP contribution in [0.5, 0.6) is 11.5 Å². The molecule has 0 bridgehead atoms. The van der Waals surface area contributed by atoms with Gasteiger partial charge in [0.2, 0.25) is 17.8 Å². The molecule has 5 atom stereocenters. The number of aliphatic imine (C=N–C) groups is 1. The second-order valence-corrected chi connectivity index (χ2v) is 18.0. The summed E-state index contributed by atoms with van der Waals surface area (Å²) in [6.45, 7) is 11.6. The standard InChI is InChI=1S/C49H61N8O10P/c1-32(2)57(33(3)4)68(8)67-43-40(31-65-49(35-14-10-9-11-15-35,36-18-22-38(62-6)23-19-36)37-20-24-39(63-7)25-21-37)66-46(56-30-34(5)45(60)55-48(56)61)44(43)64-29-28-52-47(53-41(58)16-12-26-50)54-42(59)17-13-27-51/h9-11,14-15,18-25,30,32-33,40,43-44,46H,12-13,16-17,28-29,31H2,1-8H3,(H,55,60,61)(H2,52,53,54,58,59)/t40-,43-,44-,46-,68?/m1/s1. The zero-order valence-electron chi connectivity index (χ0n) is 39.8. The molecule has 19 heteroatoms. The van der Waals surface area contributed by atoms with Crippen molar-refractivity contribution in [3.05, 3.63) is 128 Å². The van der Waals surface area contributed by atoms with Gasteiger partial charge in [0.05, 0.1) is 46.1 Å². The second kappa shape index (κ2) is 25.2. The first-order valence-electron chi connectivity index (χ1n) is 22.3. The number of guanidine groups is 1. The molecule has 2 heterocycles. The van der Waals surface area contributed by atoms with Gasteiger partial charge in [-0.15, -0.1) is 0 Å². The largest absolute Gasteiger partial charge is 0.497 e. The molecule has 1 fully saturated rings. The number of ether oxygens (including phenoxy) is 5. The molecule has 362 valence electrons. The molecule has 5 rings (SSSR count). The molecule has 68 heavy (non-hydrogen) atoms. The molecular formula is C49H61N8O10P. The molecule has 0 spiro atoms. The smallest absolute Gasteiger partial charge is 0.330 e. The van der Waals surface area contributed by atoms with Gasteiger partial charge in [-0.05, 0) is 82.2 Å². The molecule has 1 unspecified atom stereocenters. The van der Waals surface area contributed by atoms with E-state index in [4.69, 9.17) is 38.7 Å². The van der Waals surface area contributed by atoms with Crippen LogP contribution in [0.1, 0.15) is 81.9 Å². The summed E-state index contributed by atoms with van der Waals surface area (Å²) in [5.41, 5.74) is 0.0602. The fraction of sp³-hybridized carbons (Fsp3) is 0.449. The van der Waals surface area contributed by atoms with E-state index in [0.717, 1.165) is 16.7 Å². The summed E-state index contributed by atoms with van der Waals surface area (Å²) < 4.78 is 42.6. The number of amides is 2. The third-order valence-electron chi connectivity index (χ3n) is 11.1. The molecule has 0 aliphatic carbocycles. The van der Waals surface area contributed by atoms with Crippen molar-refractivity contribution in [2.24, 2.45) is 4.99 Å². The molecule has 4 aromatic rings. The lowest BCUT2D eigenvalue weighted by Gasteiger charge is -2.39. The fourth-order valence-corrected chi connectivity index (χ4v) is 10.1. The van der Waals surface area contributed by atoms with Crippen LogP contribution in [0.3, 0.4) is 0 Å². The van der Waals surface area contributed by atoms with E-state index in [-0.39, 0.29) is 69.0 Å². The molecule has 1 aromatic heterocycles. The lowest BCUT2D eigenvalue weighted by Crippen LogP contribution is -2.44. The molecule has 3 N–H and O–H groups in total. The minimum absolute atomic E-state index is 0.0544. The Morgan fingerprint density at radius 1 is 0.853 bits per heavy atom. The van der Waals surface area contributed by atoms with Gasteiger partial charge < -0.3 is 28.2 Å². The van der Waals surface area contributed by atoms with Crippen molar-refractivity contribution < 1.29 is 37.8 Å². The highest BCUT2D eigenvalue weighted by Crippen LogP contribution is 2.48. The average Bonchev–Trinajstić information content (AvgIpc) is 3.66. The number of carbonyl (C=O) groups is 2. The van der Waals surface area contributed by atoms with Crippen LogP contribution in [0.4, 0.5) is 0 Å². The van der Waals surface area contributed by atoms with E-state index in [0.29, 0.717) is 11.5 Å². The van der Waals surface area contributed by atoms with Crippen LogP contribution in [-0.2, 0) is 33.9 Å². The fourth-order valence-electron chi connectivity index (χ4n) is 8.09. The maximum atomic E-state index is 13.7. The number of aromatic amines is 1. The summed E-state index contributed by atoms with van der Waals surface area (Å²) in [5.74, 6) is 0.0244. The number of hydrogen-bond donors (Lipinski definition) is 3. The van der Waals surface area contributed by atoms with E-state index in [9.17, 15) is 19.2 Å². The van der Waals surface area contributed by atoms with Crippen molar-refractivity contribution in [2.45, 2.75) is 103 Å². The van der Waals surface area contributed by atoms with E-state index in [2.05, 4.69) is 53.0 Å². The van der Waals surface area contributed by atoms with Gasteiger partial charge in [0.15, 0.2) is 6.23 Å². The number of H-pyrrole nitrogens is 1. The number of rotatable bonds is 22. The third-order valence-corrected chi connectivity index (χ3v) is 13.2. The van der Waals surface area contributed by atoms with Crippen molar-refractivity contribution >= 4 is 26.1 Å². The highest BCUT2D eigenvalue weighted by Gasteiger charge is 2.51. The Labute approximate surface area is 398 Å². The molecule has 0 saturated carbocycles. The topological polar surface area (TPSA) is 232 Å². The predicted molar refractivity (Wildman–Crippen MR) is 256 cm³/mol. The van der Waals surface area contributed by atoms with Crippen LogP contribution in [0.25, 0.3) is 0 Å². The summed E-state index contributed by atoms with van der Waals surface area (Å²) in [6.07, 6.45) is -2.98. The average molecular weight is 953 g/mol. The number of hydrogen-bond acceptors (Lipinski definition) is 14. The number of nitriles is 2. The van der Waals surface area contributed by atoms with E-state index in [1.807, 2.05) is 97.7 Å². The van der Waals surface area contributed by atoms with Gasteiger partial charge in [-0.2, -0.15) is 10.5 Å². The lowest BCUT2D eigenvalue weighted by atomic mass is 9.80. The summed E-state index contributed by atoms with van der Waals surface area (Å²) in [7, 11) is 1.84. The summed E-state index contributed by atoms with van der Waals surface area (Å²) in [5, 5.41) is 23.1. The zero-order chi connectivity index (χ0) is 49.4. The van der Waals surface area contributed by atoms with Gasteiger partial charge in [-0.1, -0.05) is 54.6 Å². The van der Waals surface area contributed by atoms with Gasteiger partial charge in [-0.25, -0.2) is 4.79 Å². The zero-order valence-corrected chi connectivity index (χ0v) is 40.7. The summed E-state index contributed by atoms with van der Waals surface area (Å²) in [6, 6.07) is 29.0. The van der Waals surface area contributed by atoms with Crippen LogP contribution >= 0.6 is 8.30 Å². The van der Waals surface area contributed by atoms with E-state index >= 15 is 0 Å². The summed E-state index contributed by atoms with van der Waals surface area (Å²) >= 11 is 0. The van der Waals surface area contributed by atoms with Crippen molar-refractivity contribution in [2.75, 3.05) is 40.6 Å². The Hall–Kier alpha value is -6.24. The predicted octanol–water partition coefficient (Wildman–Crippen LogP) is 5.80. The molecule has 18 nitrogen and oxygen atoms in total. The number of nitrogens with zero attached hydrogens (tertiary/aromatic N) is 5. The Balaban J connectivity index is 1.62. The van der Waals surface area contributed by atoms with E-state index in [1.54, 1.807) is 21.1 Å². The number of aryl methyl sites for hydroxylation is 1. The molecule has 1 aliphatic rings. The molecule has 0 radical (unpaired) electrons. The van der Waals surface area contributed by atoms with Crippen LogP contribution in [0.2, 0.25) is 0 Å². The van der Waals surface area contributed by atoms with Crippen LogP contribution in [0, 0.1) is 29.6 Å². The van der Waals surface area contributed by atoms with E-state index < -0.39 is 61.5 Å². The first-order chi connectivity index (χ1) is 32.7. The normalized spacial score (nSPS) is 17.3. The maximum Gasteiger partial charge on any atom is 0.330 e. The Morgan fingerprint density at radius 2 is 1.38 bits per heavy atom. The van der Waals surface area contributed by atoms with Crippen molar-refractivity contribution in [1.82, 2.24) is 24.9 Å². The third kappa shape index (κ3) is 13.3. The number of benzene rings is 3. The van der Waals surface area contributed by atoms with Gasteiger partial charge in [0.1, 0.15) is 43.7 Å². The SMILES string of the molecule is COc1ccc(C(OC[C@H]2O[C@@H](n3cc(C)c(=O)[nH]c3=O)[C@H](OCCN=C(NC(=O)CCC#N)NC(=O)CCC#N)[C@@H]2OP(C)N(C(C)C)C(C)C)(c2ccccc2)c2ccc(OC)cc2)cc1. The van der Waals surface area contributed by atoms with Gasteiger partial charge in [0.25, 0.3) is 5.56 Å². The monoisotopic (exact) mass is 952 g/mol. The quantitative estimate of drug-likeness (QED) is 0.0279. The number of methoxy groups -OCH3 is 2. The Bertz CT molecular complexity index is 2430. The highest BCUT2D eigenvalue weighted by molar-refractivity contribution is 7.49. The minimum Gasteiger partial charge on any atom is -0.497 e. The molecule has 3 aromatic carbocycles. The van der Waals surface area contributed by atoms with Gasteiger partial charge in [-0.3, -0.25) is 44.2 Å². The van der Waals surface area contributed by atoms with Crippen molar-refractivity contribution in [3.63, 3.8) is 0 Å². The van der Waals surface area contributed by atoms with Crippen molar-refractivity contribution in [3.8, 4) is 23.6 Å². The Morgan fingerprint density at radius 3 is 1.88 bits per heavy atom. The maximum absolute atomic E-state index is 13.7. The van der Waals surface area contributed by atoms with Crippen LogP contribution in [0.15, 0.2) is 99.6 Å². The first kappa shape index (κ1) is 52.7. The molecule has 1 saturated heterocycles. The number of carbonyl (C=O) groups excluding carboxylic acids is 2. The first-order valence-corrected chi connectivity index (χ1v) is 24.0.